The van der Waals surface area contributed by atoms with E-state index in [0.717, 1.165) is 41.5 Å². The Morgan fingerprint density at radius 3 is 2.25 bits per heavy atom. The van der Waals surface area contributed by atoms with Gasteiger partial charge in [0.05, 0.1) is 0 Å². The van der Waals surface area contributed by atoms with Gasteiger partial charge in [-0.1, -0.05) is 0 Å². The largest absolute Gasteiger partial charge is 0.507 e. The smallest absolute Gasteiger partial charge is 0.306 e. The molecule has 1 N–H and O–H groups in total. The van der Waals surface area contributed by atoms with E-state index in [1.54, 1.807) is 0 Å². The SMILES string of the molecule is Cc1c(C)c(C)c(CCC2(C)CCC(=O)O2)c(O)c1C. The fourth-order valence-corrected chi connectivity index (χ4v) is 2.99. The quantitative estimate of drug-likeness (QED) is 0.857. The van der Waals surface area contributed by atoms with Gasteiger partial charge in [0.25, 0.3) is 0 Å². The lowest BCUT2D eigenvalue weighted by molar-refractivity contribution is -0.147. The molecule has 3 nitrogen and oxygen atoms in total. The van der Waals surface area contributed by atoms with E-state index in [2.05, 4.69) is 13.8 Å². The summed E-state index contributed by atoms with van der Waals surface area (Å²) in [4.78, 5) is 11.3. The summed E-state index contributed by atoms with van der Waals surface area (Å²) in [7, 11) is 0. The molecule has 1 aliphatic heterocycles. The molecule has 3 heteroatoms. The summed E-state index contributed by atoms with van der Waals surface area (Å²) in [6.45, 7) is 10.1. The highest BCUT2D eigenvalue weighted by atomic mass is 16.6. The lowest BCUT2D eigenvalue weighted by Crippen LogP contribution is -2.24. The Labute approximate surface area is 121 Å². The van der Waals surface area contributed by atoms with Crippen LogP contribution < -0.4 is 0 Å². The average Bonchev–Trinajstić information content (AvgIpc) is 2.74. The highest BCUT2D eigenvalue weighted by Gasteiger charge is 2.35. The van der Waals surface area contributed by atoms with Crippen LogP contribution in [0.5, 0.6) is 5.75 Å². The van der Waals surface area contributed by atoms with Crippen molar-refractivity contribution >= 4 is 5.97 Å². The van der Waals surface area contributed by atoms with Gasteiger partial charge in [-0.15, -0.1) is 0 Å². The number of phenolic OH excluding ortho intramolecular Hbond substituents is 1. The summed E-state index contributed by atoms with van der Waals surface area (Å²) < 4.78 is 5.41. The molecule has 1 aromatic carbocycles. The van der Waals surface area contributed by atoms with Crippen molar-refractivity contribution in [2.75, 3.05) is 0 Å². The van der Waals surface area contributed by atoms with Crippen LogP contribution in [0.1, 0.15) is 54.0 Å². The second kappa shape index (κ2) is 5.12. The van der Waals surface area contributed by atoms with Gasteiger partial charge >= 0.3 is 5.97 Å². The van der Waals surface area contributed by atoms with E-state index in [4.69, 9.17) is 4.74 Å². The highest BCUT2D eigenvalue weighted by molar-refractivity contribution is 5.72. The molecule has 0 aromatic heterocycles. The van der Waals surface area contributed by atoms with E-state index in [9.17, 15) is 9.90 Å². The lowest BCUT2D eigenvalue weighted by Gasteiger charge is -2.24. The summed E-state index contributed by atoms with van der Waals surface area (Å²) in [5.41, 5.74) is 5.12. The van der Waals surface area contributed by atoms with E-state index in [0.29, 0.717) is 12.2 Å². The Balaban J connectivity index is 2.24. The van der Waals surface area contributed by atoms with Crippen molar-refractivity contribution in [1.82, 2.24) is 0 Å². The third kappa shape index (κ3) is 2.54. The van der Waals surface area contributed by atoms with Crippen molar-refractivity contribution in [3.05, 3.63) is 27.8 Å². The molecule has 1 saturated heterocycles. The van der Waals surface area contributed by atoms with Crippen LogP contribution in [0.2, 0.25) is 0 Å². The summed E-state index contributed by atoms with van der Waals surface area (Å²) in [6.07, 6.45) is 2.78. The van der Waals surface area contributed by atoms with E-state index in [1.807, 2.05) is 20.8 Å². The number of hydrogen-bond acceptors (Lipinski definition) is 3. The molecule has 1 atom stereocenters. The van der Waals surface area contributed by atoms with Gasteiger partial charge in [-0.2, -0.15) is 0 Å². The molecule has 0 radical (unpaired) electrons. The van der Waals surface area contributed by atoms with Gasteiger partial charge in [0.15, 0.2) is 0 Å². The van der Waals surface area contributed by atoms with Crippen LogP contribution in [0.15, 0.2) is 0 Å². The molecule has 110 valence electrons. The molecule has 0 spiro atoms. The topological polar surface area (TPSA) is 46.5 Å². The van der Waals surface area contributed by atoms with E-state index in [1.165, 1.54) is 5.56 Å². The van der Waals surface area contributed by atoms with Gasteiger partial charge in [-0.05, 0) is 81.7 Å². The third-order valence-corrected chi connectivity index (χ3v) is 4.90. The van der Waals surface area contributed by atoms with Crippen LogP contribution >= 0.6 is 0 Å². The Kier molecular flexibility index (Phi) is 3.81. The Morgan fingerprint density at radius 1 is 1.10 bits per heavy atom. The number of hydrogen-bond donors (Lipinski definition) is 1. The third-order valence-electron chi connectivity index (χ3n) is 4.90. The molecule has 0 aliphatic carbocycles. The zero-order valence-corrected chi connectivity index (χ0v) is 13.1. The second-order valence-electron chi connectivity index (χ2n) is 6.25. The first kappa shape index (κ1) is 14.9. The maximum Gasteiger partial charge on any atom is 0.306 e. The van der Waals surface area contributed by atoms with Gasteiger partial charge in [-0.3, -0.25) is 4.79 Å². The van der Waals surface area contributed by atoms with Crippen molar-refractivity contribution in [3.8, 4) is 5.75 Å². The first-order valence-electron chi connectivity index (χ1n) is 7.25. The second-order valence-corrected chi connectivity index (χ2v) is 6.25. The van der Waals surface area contributed by atoms with Crippen LogP contribution in [0.25, 0.3) is 0 Å². The predicted molar refractivity (Wildman–Crippen MR) is 79.1 cm³/mol. The molecule has 0 amide bonds. The molecule has 1 fully saturated rings. The number of phenols is 1. The van der Waals surface area contributed by atoms with Crippen molar-refractivity contribution in [1.29, 1.82) is 0 Å². The van der Waals surface area contributed by atoms with Crippen molar-refractivity contribution in [2.24, 2.45) is 0 Å². The molecular formula is C17H24O3. The van der Waals surface area contributed by atoms with Crippen LogP contribution in [0.4, 0.5) is 0 Å². The summed E-state index contributed by atoms with van der Waals surface area (Å²) in [6, 6.07) is 0. The molecular weight excluding hydrogens is 252 g/mol. The van der Waals surface area contributed by atoms with Crippen molar-refractivity contribution < 1.29 is 14.6 Å². The van der Waals surface area contributed by atoms with Crippen LogP contribution in [-0.2, 0) is 16.0 Å². The molecule has 1 heterocycles. The Bertz CT molecular complexity index is 531. The number of rotatable bonds is 3. The fraction of sp³-hybridized carbons (Fsp3) is 0.588. The first-order valence-corrected chi connectivity index (χ1v) is 7.25. The molecule has 1 aliphatic rings. The zero-order chi connectivity index (χ0) is 15.1. The number of esters is 1. The van der Waals surface area contributed by atoms with Crippen molar-refractivity contribution in [2.45, 2.75) is 65.9 Å². The molecule has 1 aromatic rings. The van der Waals surface area contributed by atoms with Crippen molar-refractivity contribution in [3.63, 3.8) is 0 Å². The maximum atomic E-state index is 11.3. The summed E-state index contributed by atoms with van der Waals surface area (Å²) in [5.74, 6) is 0.295. The van der Waals surface area contributed by atoms with E-state index < -0.39 is 0 Å². The standard InChI is InChI=1S/C17H24O3/c1-10-11(2)13(4)16(19)14(12(10)3)6-8-17(5)9-7-15(18)20-17/h19H,6-9H2,1-5H3. The van der Waals surface area contributed by atoms with Crippen LogP contribution in [-0.4, -0.2) is 16.7 Å². The fourth-order valence-electron chi connectivity index (χ4n) is 2.99. The number of ether oxygens (including phenoxy) is 1. The lowest BCUT2D eigenvalue weighted by atomic mass is 9.87. The number of aromatic hydroxyl groups is 1. The number of benzene rings is 1. The van der Waals surface area contributed by atoms with Gasteiger partial charge in [0.1, 0.15) is 11.4 Å². The number of cyclic esters (lactones) is 1. The zero-order valence-electron chi connectivity index (χ0n) is 13.1. The molecule has 20 heavy (non-hydrogen) atoms. The van der Waals surface area contributed by atoms with Gasteiger partial charge in [0.2, 0.25) is 0 Å². The van der Waals surface area contributed by atoms with Gasteiger partial charge in [0, 0.05) is 6.42 Å². The minimum absolute atomic E-state index is 0.107. The maximum absolute atomic E-state index is 11.3. The molecule has 2 rings (SSSR count). The number of carbonyl (C=O) groups excluding carboxylic acids is 1. The predicted octanol–water partition coefficient (Wildman–Crippen LogP) is 3.65. The van der Waals surface area contributed by atoms with Crippen LogP contribution in [0.3, 0.4) is 0 Å². The van der Waals surface area contributed by atoms with Gasteiger partial charge in [-0.25, -0.2) is 0 Å². The Morgan fingerprint density at radius 2 is 1.70 bits per heavy atom. The summed E-state index contributed by atoms with van der Waals surface area (Å²) in [5, 5.41) is 10.4. The molecule has 0 saturated carbocycles. The molecule has 1 unspecified atom stereocenters. The van der Waals surface area contributed by atoms with E-state index >= 15 is 0 Å². The van der Waals surface area contributed by atoms with Crippen LogP contribution in [0, 0.1) is 27.7 Å². The highest BCUT2D eigenvalue weighted by Crippen LogP contribution is 2.36. The minimum Gasteiger partial charge on any atom is -0.507 e. The minimum atomic E-state index is -0.372. The average molecular weight is 276 g/mol. The van der Waals surface area contributed by atoms with Gasteiger partial charge < -0.3 is 9.84 Å². The first-order chi connectivity index (χ1) is 9.25. The monoisotopic (exact) mass is 276 g/mol. The Hall–Kier alpha value is -1.51. The molecule has 0 bridgehead atoms. The summed E-state index contributed by atoms with van der Waals surface area (Å²) >= 11 is 0. The normalized spacial score (nSPS) is 22.1. The van der Waals surface area contributed by atoms with E-state index in [-0.39, 0.29) is 11.6 Å². The number of carbonyl (C=O) groups is 1.